The van der Waals surface area contributed by atoms with Crippen molar-refractivity contribution in [2.45, 2.75) is 70.9 Å². The molecule has 1 saturated heterocycles. The van der Waals surface area contributed by atoms with E-state index in [1.54, 1.807) is 0 Å². The minimum atomic E-state index is -0.241. The monoisotopic (exact) mass is 198 g/mol. The number of hydrogen-bond donors (Lipinski definition) is 0. The molecule has 1 saturated carbocycles. The molecule has 14 heavy (non-hydrogen) atoms. The fourth-order valence-corrected chi connectivity index (χ4v) is 2.91. The first kappa shape index (κ1) is 10.4. The van der Waals surface area contributed by atoms with Gasteiger partial charge in [-0.25, -0.2) is 0 Å². The van der Waals surface area contributed by atoms with Gasteiger partial charge in [0.15, 0.2) is 5.79 Å². The van der Waals surface area contributed by atoms with Crippen LogP contribution in [0.3, 0.4) is 0 Å². The zero-order valence-electron chi connectivity index (χ0n) is 9.58. The molecule has 0 unspecified atom stereocenters. The molecule has 2 fully saturated rings. The fraction of sp³-hybridized carbons (Fsp3) is 1.00. The van der Waals surface area contributed by atoms with Crippen molar-refractivity contribution in [3.8, 4) is 0 Å². The molecule has 0 radical (unpaired) electrons. The average Bonchev–Trinajstić information content (AvgIpc) is 2.08. The van der Waals surface area contributed by atoms with Crippen LogP contribution in [0.5, 0.6) is 0 Å². The minimum Gasteiger partial charge on any atom is -0.347 e. The molecule has 1 aliphatic heterocycles. The Morgan fingerprint density at radius 3 is 2.21 bits per heavy atom. The van der Waals surface area contributed by atoms with Gasteiger partial charge in [-0.15, -0.1) is 0 Å². The van der Waals surface area contributed by atoms with E-state index in [0.29, 0.717) is 18.1 Å². The zero-order valence-corrected chi connectivity index (χ0v) is 9.58. The normalized spacial score (nSPS) is 49.5. The van der Waals surface area contributed by atoms with Gasteiger partial charge in [0.2, 0.25) is 0 Å². The summed E-state index contributed by atoms with van der Waals surface area (Å²) in [5.41, 5.74) is 0. The van der Waals surface area contributed by atoms with E-state index in [9.17, 15) is 0 Å². The average molecular weight is 198 g/mol. The predicted octanol–water partition coefficient (Wildman–Crippen LogP) is 3.11. The van der Waals surface area contributed by atoms with Gasteiger partial charge in [-0.3, -0.25) is 0 Å². The Morgan fingerprint density at radius 1 is 1.00 bits per heavy atom. The summed E-state index contributed by atoms with van der Waals surface area (Å²) < 4.78 is 12.2. The number of hydrogen-bond acceptors (Lipinski definition) is 2. The minimum absolute atomic E-state index is 0.241. The summed E-state index contributed by atoms with van der Waals surface area (Å²) in [7, 11) is 0. The van der Waals surface area contributed by atoms with Gasteiger partial charge in [-0.1, -0.05) is 13.3 Å². The second-order valence-electron chi connectivity index (χ2n) is 5.05. The summed E-state index contributed by atoms with van der Waals surface area (Å²) >= 11 is 0. The van der Waals surface area contributed by atoms with Crippen LogP contribution >= 0.6 is 0 Å². The lowest BCUT2D eigenvalue weighted by Crippen LogP contribution is -2.52. The first-order chi connectivity index (χ1) is 6.62. The molecule has 2 rings (SSSR count). The van der Waals surface area contributed by atoms with Crippen molar-refractivity contribution < 1.29 is 9.47 Å². The summed E-state index contributed by atoms with van der Waals surface area (Å²) in [4.78, 5) is 0. The van der Waals surface area contributed by atoms with E-state index in [2.05, 4.69) is 20.8 Å². The molecule has 2 aliphatic rings. The topological polar surface area (TPSA) is 18.5 Å². The van der Waals surface area contributed by atoms with Crippen LogP contribution in [-0.4, -0.2) is 18.0 Å². The van der Waals surface area contributed by atoms with Crippen LogP contribution in [-0.2, 0) is 9.47 Å². The van der Waals surface area contributed by atoms with E-state index in [0.717, 1.165) is 12.8 Å². The van der Waals surface area contributed by atoms with Crippen LogP contribution in [0.15, 0.2) is 0 Å². The summed E-state index contributed by atoms with van der Waals surface area (Å²) in [6, 6.07) is 0. The summed E-state index contributed by atoms with van der Waals surface area (Å²) in [5.74, 6) is 0.316. The predicted molar refractivity (Wildman–Crippen MR) is 56.1 cm³/mol. The molecule has 0 amide bonds. The standard InChI is InChI=1S/C12H22O2/c1-9-6-4-5-7-12(9)13-10(2)8-11(3)14-12/h9-11H,4-8H2,1-3H3/t9-,10+,11+/m0/s1. The van der Waals surface area contributed by atoms with Crippen LogP contribution in [0.25, 0.3) is 0 Å². The first-order valence-corrected chi connectivity index (χ1v) is 5.98. The quantitative estimate of drug-likeness (QED) is 0.595. The molecule has 3 atom stereocenters. The molecule has 1 aliphatic carbocycles. The van der Waals surface area contributed by atoms with Crippen molar-refractivity contribution in [1.29, 1.82) is 0 Å². The van der Waals surface area contributed by atoms with E-state index in [1.165, 1.54) is 19.3 Å². The molecule has 0 aromatic carbocycles. The van der Waals surface area contributed by atoms with Crippen LogP contribution in [0, 0.1) is 5.92 Å². The lowest BCUT2D eigenvalue weighted by Gasteiger charge is -2.48. The highest BCUT2D eigenvalue weighted by molar-refractivity contribution is 4.86. The van der Waals surface area contributed by atoms with Crippen LogP contribution in [0.1, 0.15) is 52.9 Å². The highest BCUT2D eigenvalue weighted by Crippen LogP contribution is 2.42. The maximum atomic E-state index is 6.08. The second-order valence-corrected chi connectivity index (χ2v) is 5.05. The molecule has 0 aromatic rings. The Bertz CT molecular complexity index is 192. The molecule has 1 spiro atoms. The molecule has 2 heteroatoms. The zero-order chi connectivity index (χ0) is 10.2. The maximum Gasteiger partial charge on any atom is 0.171 e. The second kappa shape index (κ2) is 3.82. The van der Waals surface area contributed by atoms with Gasteiger partial charge in [0.05, 0.1) is 12.2 Å². The molecule has 82 valence electrons. The van der Waals surface area contributed by atoms with Crippen molar-refractivity contribution in [3.63, 3.8) is 0 Å². The summed E-state index contributed by atoms with van der Waals surface area (Å²) in [6.45, 7) is 6.61. The van der Waals surface area contributed by atoms with Crippen LogP contribution in [0.2, 0.25) is 0 Å². The van der Waals surface area contributed by atoms with Crippen molar-refractivity contribution in [2.24, 2.45) is 5.92 Å². The third kappa shape index (κ3) is 1.82. The van der Waals surface area contributed by atoms with Crippen LogP contribution in [0.4, 0.5) is 0 Å². The Hall–Kier alpha value is -0.0800. The van der Waals surface area contributed by atoms with E-state index < -0.39 is 0 Å². The van der Waals surface area contributed by atoms with Gasteiger partial charge in [0, 0.05) is 12.3 Å². The SMILES string of the molecule is C[C@@H]1C[C@@H](C)OC2(CCCC[C@@H]2C)O1. The number of ether oxygens (including phenoxy) is 2. The van der Waals surface area contributed by atoms with Crippen molar-refractivity contribution in [3.05, 3.63) is 0 Å². The summed E-state index contributed by atoms with van der Waals surface area (Å²) in [5, 5.41) is 0. The Kier molecular flexibility index (Phi) is 2.85. The Labute approximate surface area is 87.0 Å². The molecule has 0 aromatic heterocycles. The van der Waals surface area contributed by atoms with Gasteiger partial charge in [0.1, 0.15) is 0 Å². The first-order valence-electron chi connectivity index (χ1n) is 5.98. The molecule has 2 nitrogen and oxygen atoms in total. The summed E-state index contributed by atoms with van der Waals surface area (Å²) in [6.07, 6.45) is 6.68. The van der Waals surface area contributed by atoms with Crippen molar-refractivity contribution in [1.82, 2.24) is 0 Å². The third-order valence-corrected chi connectivity index (χ3v) is 3.63. The van der Waals surface area contributed by atoms with Gasteiger partial charge in [0.25, 0.3) is 0 Å². The highest BCUT2D eigenvalue weighted by Gasteiger charge is 2.45. The van der Waals surface area contributed by atoms with E-state index in [-0.39, 0.29) is 5.79 Å². The molecule has 1 heterocycles. The smallest absolute Gasteiger partial charge is 0.171 e. The van der Waals surface area contributed by atoms with E-state index in [1.807, 2.05) is 0 Å². The fourth-order valence-electron chi connectivity index (χ4n) is 2.91. The van der Waals surface area contributed by atoms with Gasteiger partial charge in [-0.2, -0.15) is 0 Å². The molecule has 0 bridgehead atoms. The van der Waals surface area contributed by atoms with Gasteiger partial charge < -0.3 is 9.47 Å². The molecular formula is C12H22O2. The number of rotatable bonds is 0. The third-order valence-electron chi connectivity index (χ3n) is 3.63. The van der Waals surface area contributed by atoms with Crippen LogP contribution < -0.4 is 0 Å². The van der Waals surface area contributed by atoms with Crippen molar-refractivity contribution in [2.75, 3.05) is 0 Å². The van der Waals surface area contributed by atoms with E-state index in [4.69, 9.17) is 9.47 Å². The lowest BCUT2D eigenvalue weighted by molar-refractivity contribution is -0.341. The molecule has 0 N–H and O–H groups in total. The van der Waals surface area contributed by atoms with Crippen molar-refractivity contribution >= 4 is 0 Å². The Morgan fingerprint density at radius 2 is 1.64 bits per heavy atom. The molecular weight excluding hydrogens is 176 g/mol. The highest BCUT2D eigenvalue weighted by atomic mass is 16.7. The van der Waals surface area contributed by atoms with Gasteiger partial charge in [-0.05, 0) is 33.1 Å². The van der Waals surface area contributed by atoms with Gasteiger partial charge >= 0.3 is 0 Å². The van der Waals surface area contributed by atoms with E-state index >= 15 is 0 Å². The lowest BCUT2D eigenvalue weighted by atomic mass is 9.83. The largest absolute Gasteiger partial charge is 0.347 e. The Balaban J connectivity index is 2.11. The maximum absolute atomic E-state index is 6.08.